The number of nitrogen functional groups attached to an aromatic ring is 1. The number of nitrogens with zero attached hydrogens (tertiary/aromatic N) is 3. The highest BCUT2D eigenvalue weighted by atomic mass is 32.1. The van der Waals surface area contributed by atoms with Gasteiger partial charge in [-0.1, -0.05) is 12.2 Å². The number of aliphatic hydroxyl groups excluding tert-OH is 2. The van der Waals surface area contributed by atoms with Gasteiger partial charge in [-0.15, -0.1) is 0 Å². The zero-order valence-corrected chi connectivity index (χ0v) is 10.7. The van der Waals surface area contributed by atoms with Crippen molar-refractivity contribution in [1.82, 2.24) is 19.5 Å². The van der Waals surface area contributed by atoms with Crippen molar-refractivity contribution < 1.29 is 14.9 Å². The number of nitrogens with one attached hydrogen (secondary N) is 1. The van der Waals surface area contributed by atoms with Gasteiger partial charge in [0, 0.05) is 6.42 Å². The third kappa shape index (κ3) is 2.00. The highest BCUT2D eigenvalue weighted by molar-refractivity contribution is 7.71. The third-order valence-corrected chi connectivity index (χ3v) is 3.39. The van der Waals surface area contributed by atoms with E-state index in [1.165, 1.54) is 6.33 Å². The van der Waals surface area contributed by atoms with Crippen LogP contribution in [-0.4, -0.2) is 48.5 Å². The number of aliphatic hydroxyl groups is 2. The molecular formula is C10H13N5O3S. The number of fused-ring (bicyclic) bond motifs is 1. The number of hydrogen-bond acceptors (Lipinski definition) is 7. The van der Waals surface area contributed by atoms with Crippen molar-refractivity contribution in [2.45, 2.75) is 24.9 Å². The van der Waals surface area contributed by atoms with Gasteiger partial charge in [0.2, 0.25) is 0 Å². The van der Waals surface area contributed by atoms with Crippen LogP contribution >= 0.6 is 12.2 Å². The number of aromatic nitrogens is 4. The second-order valence-corrected chi connectivity index (χ2v) is 4.80. The average molecular weight is 283 g/mol. The fourth-order valence-electron chi connectivity index (χ4n) is 2.24. The van der Waals surface area contributed by atoms with Crippen LogP contribution in [0.15, 0.2) is 6.33 Å². The molecule has 0 bridgehead atoms. The Bertz CT molecular complexity index is 669. The van der Waals surface area contributed by atoms with Crippen molar-refractivity contribution in [3.05, 3.63) is 11.0 Å². The molecule has 0 spiro atoms. The first-order valence-corrected chi connectivity index (χ1v) is 6.17. The van der Waals surface area contributed by atoms with Gasteiger partial charge in [-0.05, 0) is 0 Å². The molecule has 2 aromatic rings. The number of anilines is 1. The van der Waals surface area contributed by atoms with Gasteiger partial charge in [-0.25, -0.2) is 9.97 Å². The van der Waals surface area contributed by atoms with E-state index in [2.05, 4.69) is 15.0 Å². The SMILES string of the molecule is Nc1nc(=S)c2ncn([C@@H]3O[C@@H](CO)C[C@H]3O)c2[nH]1. The summed E-state index contributed by atoms with van der Waals surface area (Å²) in [6.45, 7) is -0.139. The van der Waals surface area contributed by atoms with Crippen LogP contribution < -0.4 is 5.73 Å². The Hall–Kier alpha value is -1.55. The zero-order chi connectivity index (χ0) is 13.6. The van der Waals surface area contributed by atoms with Crippen LogP contribution in [0.3, 0.4) is 0 Å². The highest BCUT2D eigenvalue weighted by Gasteiger charge is 2.35. The van der Waals surface area contributed by atoms with E-state index in [1.54, 1.807) is 4.57 Å². The molecule has 8 nitrogen and oxygen atoms in total. The molecule has 0 aromatic carbocycles. The van der Waals surface area contributed by atoms with Gasteiger partial charge in [0.25, 0.3) is 0 Å². The molecule has 0 radical (unpaired) electrons. The van der Waals surface area contributed by atoms with Gasteiger partial charge in [0.1, 0.15) is 17.3 Å². The summed E-state index contributed by atoms with van der Waals surface area (Å²) >= 11 is 5.07. The van der Waals surface area contributed by atoms with Crippen molar-refractivity contribution in [1.29, 1.82) is 0 Å². The van der Waals surface area contributed by atoms with Crippen LogP contribution in [0.5, 0.6) is 0 Å². The number of rotatable bonds is 2. The number of imidazole rings is 1. The summed E-state index contributed by atoms with van der Waals surface area (Å²) in [6.07, 6.45) is 0.119. The lowest BCUT2D eigenvalue weighted by Gasteiger charge is -2.16. The normalized spacial score (nSPS) is 27.2. The molecule has 1 saturated heterocycles. The molecule has 1 aliphatic rings. The largest absolute Gasteiger partial charge is 0.394 e. The molecule has 0 aliphatic carbocycles. The van der Waals surface area contributed by atoms with E-state index in [4.69, 9.17) is 27.8 Å². The molecule has 0 amide bonds. The van der Waals surface area contributed by atoms with Crippen LogP contribution in [0.25, 0.3) is 11.2 Å². The lowest BCUT2D eigenvalue weighted by atomic mass is 10.2. The van der Waals surface area contributed by atoms with Crippen LogP contribution in [0, 0.1) is 4.64 Å². The molecule has 102 valence electrons. The van der Waals surface area contributed by atoms with E-state index in [0.29, 0.717) is 17.6 Å². The Morgan fingerprint density at radius 3 is 3.11 bits per heavy atom. The first kappa shape index (κ1) is 12.5. The second-order valence-electron chi connectivity index (χ2n) is 4.41. The Morgan fingerprint density at radius 1 is 1.63 bits per heavy atom. The van der Waals surface area contributed by atoms with E-state index in [9.17, 15) is 5.11 Å². The van der Waals surface area contributed by atoms with Gasteiger partial charge in [0.15, 0.2) is 16.8 Å². The number of nitrogens with two attached hydrogens (primary N) is 1. The van der Waals surface area contributed by atoms with Gasteiger partial charge in [-0.2, -0.15) is 0 Å². The summed E-state index contributed by atoms with van der Waals surface area (Å²) in [5.74, 6) is 0.172. The van der Waals surface area contributed by atoms with Crippen molar-refractivity contribution in [3.63, 3.8) is 0 Å². The summed E-state index contributed by atoms with van der Waals surface area (Å²) in [6, 6.07) is 0. The van der Waals surface area contributed by atoms with E-state index in [0.717, 1.165) is 0 Å². The summed E-state index contributed by atoms with van der Waals surface area (Å²) in [7, 11) is 0. The number of H-pyrrole nitrogens is 1. The number of ether oxygens (including phenoxy) is 1. The molecule has 3 rings (SSSR count). The Kier molecular flexibility index (Phi) is 2.97. The van der Waals surface area contributed by atoms with Crippen molar-refractivity contribution in [2.24, 2.45) is 0 Å². The van der Waals surface area contributed by atoms with E-state index in [1.807, 2.05) is 0 Å². The smallest absolute Gasteiger partial charge is 0.200 e. The molecule has 3 heterocycles. The van der Waals surface area contributed by atoms with E-state index in [-0.39, 0.29) is 23.3 Å². The monoisotopic (exact) mass is 283 g/mol. The second kappa shape index (κ2) is 4.53. The molecular weight excluding hydrogens is 270 g/mol. The maximum absolute atomic E-state index is 9.99. The molecule has 0 unspecified atom stereocenters. The summed E-state index contributed by atoms with van der Waals surface area (Å²) < 4.78 is 7.47. The molecule has 3 atom stereocenters. The van der Waals surface area contributed by atoms with Crippen molar-refractivity contribution in [2.75, 3.05) is 12.3 Å². The Labute approximate surface area is 112 Å². The molecule has 1 aliphatic heterocycles. The Morgan fingerprint density at radius 2 is 2.42 bits per heavy atom. The maximum atomic E-state index is 9.99. The third-order valence-electron chi connectivity index (χ3n) is 3.11. The number of aromatic amines is 1. The van der Waals surface area contributed by atoms with Crippen molar-refractivity contribution in [3.8, 4) is 0 Å². The fraction of sp³-hybridized carbons (Fsp3) is 0.500. The maximum Gasteiger partial charge on any atom is 0.200 e. The summed E-state index contributed by atoms with van der Waals surface area (Å²) in [5, 5.41) is 19.1. The molecule has 5 N–H and O–H groups in total. The van der Waals surface area contributed by atoms with Gasteiger partial charge in [0.05, 0.1) is 19.0 Å². The van der Waals surface area contributed by atoms with Crippen molar-refractivity contribution >= 4 is 29.3 Å². The minimum atomic E-state index is -0.731. The molecule has 9 heteroatoms. The molecule has 2 aromatic heterocycles. The molecule has 1 fully saturated rings. The van der Waals surface area contributed by atoms with Gasteiger partial charge in [-0.3, -0.25) is 4.57 Å². The lowest BCUT2D eigenvalue weighted by Crippen LogP contribution is -2.19. The Balaban J connectivity index is 2.09. The molecule has 19 heavy (non-hydrogen) atoms. The highest BCUT2D eigenvalue weighted by Crippen LogP contribution is 2.30. The van der Waals surface area contributed by atoms with Crippen LogP contribution in [0.1, 0.15) is 12.6 Å². The first-order chi connectivity index (χ1) is 9.10. The van der Waals surface area contributed by atoms with Gasteiger partial charge >= 0.3 is 0 Å². The zero-order valence-electron chi connectivity index (χ0n) is 9.85. The van der Waals surface area contributed by atoms with Crippen LogP contribution in [-0.2, 0) is 4.74 Å². The van der Waals surface area contributed by atoms with Crippen LogP contribution in [0.2, 0.25) is 0 Å². The van der Waals surface area contributed by atoms with Gasteiger partial charge < -0.3 is 25.7 Å². The minimum absolute atomic E-state index is 0.139. The van der Waals surface area contributed by atoms with E-state index < -0.39 is 12.3 Å². The van der Waals surface area contributed by atoms with E-state index >= 15 is 0 Å². The first-order valence-electron chi connectivity index (χ1n) is 5.77. The number of hydrogen-bond donors (Lipinski definition) is 4. The minimum Gasteiger partial charge on any atom is -0.394 e. The molecule has 0 saturated carbocycles. The summed E-state index contributed by atoms with van der Waals surface area (Å²) in [5.41, 5.74) is 6.66. The fourth-order valence-corrected chi connectivity index (χ4v) is 2.49. The average Bonchev–Trinajstić information content (AvgIpc) is 2.92. The summed E-state index contributed by atoms with van der Waals surface area (Å²) in [4.78, 5) is 10.9. The standard InChI is InChI=1S/C10H13N5O3S/c11-10-13-7-6(8(19)14-10)12-3-15(7)9-5(17)1-4(2-16)18-9/h3-5,9,16-17H,1-2H2,(H3,11,13,14,19)/t4-,5-,9-/m1/s1. The topological polar surface area (TPSA) is 122 Å². The van der Waals surface area contributed by atoms with Crippen LogP contribution in [0.4, 0.5) is 5.95 Å². The lowest BCUT2D eigenvalue weighted by molar-refractivity contribution is -0.0486. The predicted molar refractivity (Wildman–Crippen MR) is 68.7 cm³/mol. The predicted octanol–water partition coefficient (Wildman–Crippen LogP) is -0.288. The quantitative estimate of drug-likeness (QED) is 0.559.